The molecule has 2 saturated heterocycles. The standard InChI is InChI=1S/C20H20ClN7O5S4/c21-13-10(25-18(22)37-13)11(27-33-9-3-1-2-4-9)14(29)24-12-15(30)28-5-20(17(31)32,6-34-16(12)28)7-35-19-26-23-8-36-19/h1,3,8-9,12,16H,2,4-7H2,(H2,22,25)(H,24,29)(H,31,32)/t9?,12?,16-,20?/m1/s1. The summed E-state index contributed by atoms with van der Waals surface area (Å²) in [7, 11) is 0. The maximum Gasteiger partial charge on any atom is 0.313 e. The summed E-state index contributed by atoms with van der Waals surface area (Å²) in [5.74, 6) is -1.54. The van der Waals surface area contributed by atoms with Gasteiger partial charge in [0.15, 0.2) is 15.2 Å². The van der Waals surface area contributed by atoms with Crippen LogP contribution in [0.25, 0.3) is 0 Å². The minimum atomic E-state index is -1.15. The summed E-state index contributed by atoms with van der Waals surface area (Å²) in [5.41, 5.74) is 6.07. The molecule has 5 rings (SSSR count). The lowest BCUT2D eigenvalue weighted by Gasteiger charge is -2.53. The molecule has 4 heterocycles. The van der Waals surface area contributed by atoms with Crippen molar-refractivity contribution in [2.75, 3.05) is 23.8 Å². The van der Waals surface area contributed by atoms with Gasteiger partial charge in [-0.3, -0.25) is 14.4 Å². The van der Waals surface area contributed by atoms with Gasteiger partial charge in [-0.1, -0.05) is 57.3 Å². The molecule has 2 amide bonds. The Balaban J connectivity index is 1.28. The number of amides is 2. The van der Waals surface area contributed by atoms with Crippen LogP contribution in [0.1, 0.15) is 18.5 Å². The van der Waals surface area contributed by atoms with E-state index in [1.807, 2.05) is 12.2 Å². The van der Waals surface area contributed by atoms with Crippen LogP contribution in [0.15, 0.2) is 27.2 Å². The van der Waals surface area contributed by atoms with Gasteiger partial charge < -0.3 is 25.9 Å². The molecule has 0 radical (unpaired) electrons. The summed E-state index contributed by atoms with van der Waals surface area (Å²) >= 11 is 11.2. The Bertz CT molecular complexity index is 1270. The average molecular weight is 602 g/mol. The van der Waals surface area contributed by atoms with Crippen molar-refractivity contribution in [1.82, 2.24) is 25.4 Å². The van der Waals surface area contributed by atoms with Gasteiger partial charge >= 0.3 is 5.97 Å². The van der Waals surface area contributed by atoms with Crippen LogP contribution in [0.4, 0.5) is 5.13 Å². The van der Waals surface area contributed by atoms with Crippen LogP contribution in [0.2, 0.25) is 4.34 Å². The Kier molecular flexibility index (Phi) is 7.63. The Morgan fingerprint density at radius 1 is 1.46 bits per heavy atom. The first-order valence-corrected chi connectivity index (χ1v) is 15.1. The van der Waals surface area contributed by atoms with Crippen molar-refractivity contribution in [2.45, 2.75) is 34.7 Å². The number of carboxylic acids is 1. The fourth-order valence-electron chi connectivity index (χ4n) is 4.01. The number of allylic oxidation sites excluding steroid dienone is 1. The number of aliphatic carboxylic acids is 1. The summed E-state index contributed by atoms with van der Waals surface area (Å²) in [5, 5.41) is 24.2. The van der Waals surface area contributed by atoms with Crippen molar-refractivity contribution in [3.8, 4) is 0 Å². The largest absolute Gasteiger partial charge is 0.481 e. The second kappa shape index (κ2) is 10.8. The highest BCUT2D eigenvalue weighted by Gasteiger charge is 2.57. The smallest absolute Gasteiger partial charge is 0.313 e. The predicted octanol–water partition coefficient (Wildman–Crippen LogP) is 1.93. The molecule has 2 fully saturated rings. The number of fused-ring (bicyclic) bond motifs is 1. The van der Waals surface area contributed by atoms with Crippen molar-refractivity contribution >= 4 is 86.4 Å². The molecule has 3 unspecified atom stereocenters. The first-order valence-electron chi connectivity index (χ1n) is 11.0. The number of nitrogens with zero attached hydrogens (tertiary/aromatic N) is 5. The number of thioether (sulfide) groups is 2. The van der Waals surface area contributed by atoms with E-state index in [0.717, 1.165) is 24.2 Å². The number of nitrogen functional groups attached to an aromatic ring is 1. The van der Waals surface area contributed by atoms with Crippen molar-refractivity contribution in [3.63, 3.8) is 0 Å². The Hall–Kier alpha value is -2.40. The zero-order chi connectivity index (χ0) is 26.2. The highest BCUT2D eigenvalue weighted by Crippen LogP contribution is 2.44. The van der Waals surface area contributed by atoms with E-state index in [1.54, 1.807) is 5.51 Å². The minimum absolute atomic E-state index is 0.0313. The average Bonchev–Trinajstić information content (AvgIpc) is 3.64. The Morgan fingerprint density at radius 2 is 2.30 bits per heavy atom. The lowest BCUT2D eigenvalue weighted by Crippen LogP contribution is -2.74. The van der Waals surface area contributed by atoms with Crippen LogP contribution >= 0.6 is 57.8 Å². The van der Waals surface area contributed by atoms with Crippen molar-refractivity contribution in [3.05, 3.63) is 27.7 Å². The zero-order valence-corrected chi connectivity index (χ0v) is 22.9. The van der Waals surface area contributed by atoms with Crippen LogP contribution in [-0.2, 0) is 19.2 Å². The first-order chi connectivity index (χ1) is 17.8. The molecule has 17 heteroatoms. The maximum absolute atomic E-state index is 13.2. The highest BCUT2D eigenvalue weighted by atomic mass is 35.5. The molecule has 196 valence electrons. The van der Waals surface area contributed by atoms with E-state index in [-0.39, 0.29) is 50.9 Å². The Morgan fingerprint density at radius 3 is 2.95 bits per heavy atom. The van der Waals surface area contributed by atoms with Crippen molar-refractivity contribution in [1.29, 1.82) is 0 Å². The lowest BCUT2D eigenvalue weighted by atomic mass is 9.89. The summed E-state index contributed by atoms with van der Waals surface area (Å²) in [6.07, 6.45) is 5.09. The van der Waals surface area contributed by atoms with Crippen molar-refractivity contribution in [2.24, 2.45) is 10.6 Å². The number of anilines is 1. The number of hydrogen-bond acceptors (Lipinski definition) is 13. The minimum Gasteiger partial charge on any atom is -0.481 e. The number of aromatic nitrogens is 3. The molecule has 12 nitrogen and oxygen atoms in total. The molecule has 2 aromatic heterocycles. The third-order valence-electron chi connectivity index (χ3n) is 5.99. The first kappa shape index (κ1) is 26.2. The second-order valence-corrected chi connectivity index (χ2v) is 13.3. The number of nitrogens with one attached hydrogen (secondary N) is 1. The fourth-order valence-corrected chi connectivity index (χ4v) is 8.29. The van der Waals surface area contributed by atoms with E-state index < -0.39 is 28.7 Å². The molecule has 0 bridgehead atoms. The summed E-state index contributed by atoms with van der Waals surface area (Å²) in [6, 6.07) is -0.855. The van der Waals surface area contributed by atoms with Gasteiger partial charge in [-0.25, -0.2) is 4.98 Å². The van der Waals surface area contributed by atoms with Gasteiger partial charge in [-0.05, 0) is 18.9 Å². The third kappa shape index (κ3) is 5.30. The number of thiazole rings is 1. The lowest BCUT2D eigenvalue weighted by molar-refractivity contribution is -0.157. The van der Waals surface area contributed by atoms with E-state index >= 15 is 0 Å². The molecule has 2 aromatic rings. The molecule has 3 aliphatic rings. The SMILES string of the molecule is Nc1nc(C(=NOC2C=CCC2)C(=O)NC2C(=O)N3CC(CSc4nncs4)(C(=O)O)CS[C@H]23)c(Cl)s1. The number of halogens is 1. The van der Waals surface area contributed by atoms with Crippen LogP contribution in [0, 0.1) is 5.41 Å². The molecule has 0 aromatic carbocycles. The molecule has 37 heavy (non-hydrogen) atoms. The monoisotopic (exact) mass is 601 g/mol. The molecular weight excluding hydrogens is 582 g/mol. The van der Waals surface area contributed by atoms with E-state index in [9.17, 15) is 19.5 Å². The van der Waals surface area contributed by atoms with Gasteiger partial charge in [0, 0.05) is 18.1 Å². The number of carbonyl (C=O) groups excluding carboxylic acids is 2. The molecule has 0 saturated carbocycles. The summed E-state index contributed by atoms with van der Waals surface area (Å²) in [4.78, 5) is 49.6. The second-order valence-electron chi connectivity index (χ2n) is 8.46. The number of β-lactam (4-membered cyclic amide) rings is 1. The number of nitrogens with two attached hydrogens (primary N) is 1. The van der Waals surface area contributed by atoms with Crippen LogP contribution < -0.4 is 11.1 Å². The van der Waals surface area contributed by atoms with Crippen LogP contribution in [-0.4, -0.2) is 84.3 Å². The summed E-state index contributed by atoms with van der Waals surface area (Å²) < 4.78 is 0.834. The van der Waals surface area contributed by atoms with Crippen LogP contribution in [0.5, 0.6) is 0 Å². The van der Waals surface area contributed by atoms with E-state index in [2.05, 4.69) is 25.7 Å². The normalized spacial score (nSPS) is 27.1. The predicted molar refractivity (Wildman–Crippen MR) is 142 cm³/mol. The quantitative estimate of drug-likeness (QED) is 0.126. The van der Waals surface area contributed by atoms with Gasteiger partial charge in [-0.15, -0.1) is 22.0 Å². The van der Waals surface area contributed by atoms with Gasteiger partial charge in [0.1, 0.15) is 38.5 Å². The van der Waals surface area contributed by atoms with E-state index in [0.29, 0.717) is 4.34 Å². The van der Waals surface area contributed by atoms with E-state index in [1.165, 1.54) is 39.8 Å². The van der Waals surface area contributed by atoms with E-state index in [4.69, 9.17) is 22.2 Å². The van der Waals surface area contributed by atoms with Gasteiger partial charge in [-0.2, -0.15) is 0 Å². The fraction of sp³-hybridized carbons (Fsp3) is 0.450. The number of rotatable bonds is 9. The maximum atomic E-state index is 13.2. The molecule has 0 spiro atoms. The number of carbonyl (C=O) groups is 3. The highest BCUT2D eigenvalue weighted by molar-refractivity contribution is 8.01. The van der Waals surface area contributed by atoms with Gasteiger partial charge in [0.2, 0.25) is 5.91 Å². The molecule has 1 aliphatic carbocycles. The van der Waals surface area contributed by atoms with Gasteiger partial charge in [0.05, 0.1) is 0 Å². The third-order valence-corrected chi connectivity index (χ3v) is 10.8. The Labute approximate surface area is 232 Å². The number of carboxylic acid groups (broad SMARTS) is 1. The summed E-state index contributed by atoms with van der Waals surface area (Å²) in [6.45, 7) is 0.0313. The van der Waals surface area contributed by atoms with Crippen LogP contribution in [0.3, 0.4) is 0 Å². The number of hydrogen-bond donors (Lipinski definition) is 3. The topological polar surface area (TPSA) is 173 Å². The molecule has 4 N–H and O–H groups in total. The number of oxime groups is 1. The molecule has 2 aliphatic heterocycles. The zero-order valence-electron chi connectivity index (χ0n) is 18.9. The van der Waals surface area contributed by atoms with Gasteiger partial charge in [0.25, 0.3) is 5.91 Å². The molecular formula is C20H20ClN7O5S4. The molecule has 4 atom stereocenters. The van der Waals surface area contributed by atoms with Crippen molar-refractivity contribution < 1.29 is 24.3 Å².